The monoisotopic (exact) mass is 422 g/mol. The van der Waals surface area contributed by atoms with Crippen LogP contribution < -0.4 is 17.0 Å². The molecule has 7 heteroatoms. The third kappa shape index (κ3) is 4.34. The first-order valence-corrected chi connectivity index (χ1v) is 9.15. The number of carboxylic acids is 2. The van der Waals surface area contributed by atoms with Crippen molar-refractivity contribution in [1.82, 2.24) is 4.98 Å². The van der Waals surface area contributed by atoms with Crippen molar-refractivity contribution in [2.45, 2.75) is 13.0 Å². The first-order chi connectivity index (χ1) is 14.0. The van der Waals surface area contributed by atoms with Gasteiger partial charge in [-0.3, -0.25) is 0 Å². The maximum Gasteiger partial charge on any atom is 0.335 e. The second-order valence-corrected chi connectivity index (χ2v) is 6.86. The molecule has 3 N–H and O–H groups in total. The fourth-order valence-electron chi connectivity index (χ4n) is 3.40. The van der Waals surface area contributed by atoms with E-state index in [9.17, 15) is 9.59 Å². The standard InChI is InChI=1S/C23H18N2O4.ClH/c26-22(27)17-9-5-15(6-10-17)13-21-24-19-3-1-2-4-20(19)25(21)14-16-7-11-18(12-8-16)23(28)29;/h1-12H,13-14H2,(H2,26,27,28,29);1H. The van der Waals surface area contributed by atoms with E-state index in [1.54, 1.807) is 24.3 Å². The summed E-state index contributed by atoms with van der Waals surface area (Å²) in [7, 11) is 0. The normalized spacial score (nSPS) is 10.5. The Hall–Kier alpha value is -3.64. The van der Waals surface area contributed by atoms with Gasteiger partial charge >= 0.3 is 11.9 Å². The molecule has 6 nitrogen and oxygen atoms in total. The van der Waals surface area contributed by atoms with E-state index in [0.29, 0.717) is 13.0 Å². The van der Waals surface area contributed by atoms with Gasteiger partial charge in [0.05, 0.1) is 17.5 Å². The van der Waals surface area contributed by atoms with Crippen molar-refractivity contribution in [2.24, 2.45) is 0 Å². The Morgan fingerprint density at radius 1 is 0.767 bits per heavy atom. The van der Waals surface area contributed by atoms with Gasteiger partial charge in [0.25, 0.3) is 5.82 Å². The highest BCUT2D eigenvalue weighted by Crippen LogP contribution is 2.15. The fraction of sp³-hybridized carbons (Fsp3) is 0.0870. The maximum absolute atomic E-state index is 11.1. The SMILES string of the molecule is O=C(O)c1ccc(Cc2[nH]c3ccccc3[n+]2Cc2ccc(C(=O)O)cc2)cc1.[Cl-]. The number of nitrogens with one attached hydrogen (secondary N) is 1. The van der Waals surface area contributed by atoms with E-state index >= 15 is 0 Å². The summed E-state index contributed by atoms with van der Waals surface area (Å²) < 4.78 is 2.16. The Labute approximate surface area is 178 Å². The number of hydrogen-bond acceptors (Lipinski definition) is 2. The first-order valence-electron chi connectivity index (χ1n) is 9.15. The first kappa shape index (κ1) is 21.1. The lowest BCUT2D eigenvalue weighted by atomic mass is 10.1. The molecule has 0 saturated carbocycles. The third-order valence-corrected chi connectivity index (χ3v) is 4.91. The predicted molar refractivity (Wildman–Crippen MR) is 107 cm³/mol. The van der Waals surface area contributed by atoms with Crippen molar-refractivity contribution in [3.8, 4) is 0 Å². The number of carboxylic acid groups (broad SMARTS) is 2. The number of hydrogen-bond donors (Lipinski definition) is 3. The lowest BCUT2D eigenvalue weighted by Gasteiger charge is -2.05. The molecule has 4 aromatic rings. The van der Waals surface area contributed by atoms with Crippen LogP contribution in [0, 0.1) is 0 Å². The van der Waals surface area contributed by atoms with Crippen LogP contribution in [0.3, 0.4) is 0 Å². The lowest BCUT2D eigenvalue weighted by Crippen LogP contribution is -3.00. The largest absolute Gasteiger partial charge is 1.00 e. The number of H-pyrrole nitrogens is 1. The molecule has 1 aromatic heterocycles. The number of para-hydroxylation sites is 2. The topological polar surface area (TPSA) is 94.3 Å². The number of carbonyl (C=O) groups is 2. The molecule has 1 heterocycles. The van der Waals surface area contributed by atoms with Gasteiger partial charge in [0.2, 0.25) is 0 Å². The summed E-state index contributed by atoms with van der Waals surface area (Å²) in [5.41, 5.74) is 4.57. The van der Waals surface area contributed by atoms with Crippen molar-refractivity contribution in [3.63, 3.8) is 0 Å². The lowest BCUT2D eigenvalue weighted by molar-refractivity contribution is -0.669. The summed E-state index contributed by atoms with van der Waals surface area (Å²) in [5, 5.41) is 18.2. The number of nitrogens with zero attached hydrogens (tertiary/aromatic N) is 1. The van der Waals surface area contributed by atoms with Crippen LogP contribution in [0.4, 0.5) is 0 Å². The number of imidazole rings is 1. The van der Waals surface area contributed by atoms with Crippen LogP contribution >= 0.6 is 0 Å². The van der Waals surface area contributed by atoms with Crippen molar-refractivity contribution in [1.29, 1.82) is 0 Å². The van der Waals surface area contributed by atoms with E-state index in [0.717, 1.165) is 28.0 Å². The van der Waals surface area contributed by atoms with Crippen molar-refractivity contribution < 1.29 is 36.8 Å². The molecule has 0 aliphatic rings. The fourth-order valence-corrected chi connectivity index (χ4v) is 3.40. The second-order valence-electron chi connectivity index (χ2n) is 6.86. The van der Waals surface area contributed by atoms with Crippen molar-refractivity contribution >= 4 is 23.0 Å². The maximum atomic E-state index is 11.1. The molecule has 0 saturated heterocycles. The molecule has 0 radical (unpaired) electrons. The van der Waals surface area contributed by atoms with E-state index in [-0.39, 0.29) is 23.5 Å². The minimum absolute atomic E-state index is 0. The van der Waals surface area contributed by atoms with E-state index < -0.39 is 11.9 Å². The molecule has 30 heavy (non-hydrogen) atoms. The molecule has 0 amide bonds. The Morgan fingerprint density at radius 3 is 1.87 bits per heavy atom. The molecular formula is C23H19ClN2O4. The Kier molecular flexibility index (Phi) is 6.18. The molecule has 0 fully saturated rings. The highest BCUT2D eigenvalue weighted by molar-refractivity contribution is 5.88. The summed E-state index contributed by atoms with van der Waals surface area (Å²) in [6.07, 6.45) is 0.613. The minimum Gasteiger partial charge on any atom is -1.00 e. The quantitative estimate of drug-likeness (QED) is 0.394. The number of aromatic carboxylic acids is 2. The molecule has 0 unspecified atom stereocenters. The summed E-state index contributed by atoms with van der Waals surface area (Å²) in [5.74, 6) is -0.902. The summed E-state index contributed by atoms with van der Waals surface area (Å²) in [4.78, 5) is 25.6. The molecule has 0 aliphatic heterocycles. The molecule has 0 aliphatic carbocycles. The van der Waals surface area contributed by atoms with E-state index in [1.807, 2.05) is 48.5 Å². The van der Waals surface area contributed by atoms with Gasteiger partial charge in [-0.2, -0.15) is 0 Å². The van der Waals surface area contributed by atoms with Crippen LogP contribution in [-0.4, -0.2) is 27.1 Å². The van der Waals surface area contributed by atoms with E-state index in [1.165, 1.54) is 0 Å². The highest BCUT2D eigenvalue weighted by atomic mass is 35.5. The van der Waals surface area contributed by atoms with Gasteiger partial charge in [0, 0.05) is 0 Å². The number of aromatic nitrogens is 2. The summed E-state index contributed by atoms with van der Waals surface area (Å²) >= 11 is 0. The minimum atomic E-state index is -0.943. The Morgan fingerprint density at radius 2 is 1.30 bits per heavy atom. The molecule has 3 aromatic carbocycles. The molecular weight excluding hydrogens is 404 g/mol. The van der Waals surface area contributed by atoms with Crippen molar-refractivity contribution in [2.75, 3.05) is 0 Å². The zero-order valence-electron chi connectivity index (χ0n) is 15.9. The number of rotatable bonds is 6. The summed E-state index contributed by atoms with van der Waals surface area (Å²) in [6.45, 7) is 0.590. The van der Waals surface area contributed by atoms with Gasteiger partial charge in [-0.05, 0) is 47.5 Å². The van der Waals surface area contributed by atoms with Gasteiger partial charge in [-0.15, -0.1) is 0 Å². The van der Waals surface area contributed by atoms with Crippen LogP contribution in [0.1, 0.15) is 37.7 Å². The van der Waals surface area contributed by atoms with Crippen LogP contribution in [-0.2, 0) is 13.0 Å². The van der Waals surface area contributed by atoms with Gasteiger partial charge in [-0.1, -0.05) is 36.4 Å². The van der Waals surface area contributed by atoms with Crippen LogP contribution in [0.2, 0.25) is 0 Å². The van der Waals surface area contributed by atoms with Gasteiger partial charge in [-0.25, -0.2) is 19.1 Å². The second kappa shape index (κ2) is 8.80. The average Bonchev–Trinajstić information content (AvgIpc) is 3.06. The number of fused-ring (bicyclic) bond motifs is 1. The van der Waals surface area contributed by atoms with Crippen LogP contribution in [0.25, 0.3) is 11.0 Å². The molecule has 0 spiro atoms. The number of benzene rings is 3. The Bertz CT molecular complexity index is 1200. The molecule has 0 bridgehead atoms. The smallest absolute Gasteiger partial charge is 0.335 e. The third-order valence-electron chi connectivity index (χ3n) is 4.91. The zero-order valence-corrected chi connectivity index (χ0v) is 16.6. The highest BCUT2D eigenvalue weighted by Gasteiger charge is 2.19. The molecule has 4 rings (SSSR count). The predicted octanol–water partition coefficient (Wildman–Crippen LogP) is 0.495. The van der Waals surface area contributed by atoms with Gasteiger partial charge in [0.1, 0.15) is 6.54 Å². The van der Waals surface area contributed by atoms with Crippen LogP contribution in [0.5, 0.6) is 0 Å². The summed E-state index contributed by atoms with van der Waals surface area (Å²) in [6, 6.07) is 21.7. The Balaban J connectivity index is 0.00000256. The van der Waals surface area contributed by atoms with Gasteiger partial charge < -0.3 is 22.6 Å². The van der Waals surface area contributed by atoms with E-state index in [4.69, 9.17) is 10.2 Å². The number of halogens is 1. The average molecular weight is 423 g/mol. The van der Waals surface area contributed by atoms with Crippen molar-refractivity contribution in [3.05, 3.63) is 101 Å². The molecule has 0 atom stereocenters. The van der Waals surface area contributed by atoms with Gasteiger partial charge in [0.15, 0.2) is 11.0 Å². The zero-order chi connectivity index (χ0) is 20.4. The van der Waals surface area contributed by atoms with Crippen LogP contribution in [0.15, 0.2) is 72.8 Å². The molecule has 152 valence electrons. The number of aromatic amines is 1. The van der Waals surface area contributed by atoms with E-state index in [2.05, 4.69) is 9.55 Å².